The van der Waals surface area contributed by atoms with Crippen molar-refractivity contribution in [1.29, 1.82) is 0 Å². The van der Waals surface area contributed by atoms with Crippen molar-refractivity contribution in [3.8, 4) is 0 Å². The van der Waals surface area contributed by atoms with Crippen molar-refractivity contribution in [2.45, 2.75) is 37.8 Å². The minimum atomic E-state index is -1.16. The Balaban J connectivity index is 1.45. The number of carbonyl (C=O) groups is 3. The third kappa shape index (κ3) is 3.35. The van der Waals surface area contributed by atoms with E-state index < -0.39 is 23.4 Å². The summed E-state index contributed by atoms with van der Waals surface area (Å²) in [6, 6.07) is 16.9. The van der Waals surface area contributed by atoms with E-state index in [0.29, 0.717) is 12.0 Å². The standard InChI is InChI=1S/C23H26N4O3/c1-3-23(17-10-5-4-6-11-17)21(29)27(22(30)24-23)25-20(28)15-26(2)19-14-13-16-9-7-8-12-18(16)19/h4-12,19H,3,13-15H2,1-2H3,(H,24,30)(H,25,28)/t19-,23-/m1/s1. The lowest BCUT2D eigenvalue weighted by atomic mass is 9.87. The van der Waals surface area contributed by atoms with Crippen LogP contribution in [0.2, 0.25) is 0 Å². The Morgan fingerprint density at radius 1 is 1.17 bits per heavy atom. The Kier molecular flexibility index (Phi) is 5.30. The average Bonchev–Trinajstić information content (AvgIpc) is 3.29. The highest BCUT2D eigenvalue weighted by molar-refractivity contribution is 6.08. The zero-order chi connectivity index (χ0) is 21.3. The molecule has 0 bridgehead atoms. The molecule has 1 aliphatic carbocycles. The Labute approximate surface area is 176 Å². The topological polar surface area (TPSA) is 81.8 Å². The number of nitrogens with zero attached hydrogens (tertiary/aromatic N) is 2. The molecule has 0 unspecified atom stereocenters. The Morgan fingerprint density at radius 2 is 1.87 bits per heavy atom. The summed E-state index contributed by atoms with van der Waals surface area (Å²) >= 11 is 0. The highest BCUT2D eigenvalue weighted by Gasteiger charge is 2.52. The summed E-state index contributed by atoms with van der Waals surface area (Å²) in [5.41, 5.74) is 4.58. The van der Waals surface area contributed by atoms with Gasteiger partial charge < -0.3 is 5.32 Å². The lowest BCUT2D eigenvalue weighted by molar-refractivity contribution is -0.140. The van der Waals surface area contributed by atoms with Crippen LogP contribution in [0.25, 0.3) is 0 Å². The molecule has 7 heteroatoms. The molecule has 0 spiro atoms. The van der Waals surface area contributed by atoms with Crippen LogP contribution in [-0.2, 0) is 21.5 Å². The van der Waals surface area contributed by atoms with Crippen LogP contribution in [-0.4, -0.2) is 41.3 Å². The van der Waals surface area contributed by atoms with Gasteiger partial charge in [-0.05, 0) is 43.0 Å². The highest BCUT2D eigenvalue weighted by atomic mass is 16.2. The quantitative estimate of drug-likeness (QED) is 0.723. The van der Waals surface area contributed by atoms with E-state index in [4.69, 9.17) is 0 Å². The molecule has 156 valence electrons. The number of nitrogens with one attached hydrogen (secondary N) is 2. The third-order valence-corrected chi connectivity index (χ3v) is 6.15. The van der Waals surface area contributed by atoms with Crippen LogP contribution >= 0.6 is 0 Å². The number of likely N-dealkylation sites (N-methyl/N-ethyl adjacent to an activating group) is 1. The Hall–Kier alpha value is -3.19. The van der Waals surface area contributed by atoms with E-state index in [2.05, 4.69) is 22.9 Å². The first-order valence-electron chi connectivity index (χ1n) is 10.3. The van der Waals surface area contributed by atoms with Crippen LogP contribution in [0.5, 0.6) is 0 Å². The zero-order valence-corrected chi connectivity index (χ0v) is 17.2. The third-order valence-electron chi connectivity index (χ3n) is 6.15. The van der Waals surface area contributed by atoms with E-state index in [9.17, 15) is 14.4 Å². The van der Waals surface area contributed by atoms with Gasteiger partial charge in [0.2, 0.25) is 0 Å². The number of urea groups is 1. The van der Waals surface area contributed by atoms with Gasteiger partial charge in [-0.25, -0.2) is 4.79 Å². The summed E-state index contributed by atoms with van der Waals surface area (Å²) in [5.74, 6) is -0.867. The second-order valence-electron chi connectivity index (χ2n) is 7.90. The van der Waals surface area contributed by atoms with Gasteiger partial charge in [-0.3, -0.25) is 19.9 Å². The molecule has 2 N–H and O–H groups in total. The van der Waals surface area contributed by atoms with Crippen LogP contribution in [0.4, 0.5) is 4.79 Å². The molecule has 30 heavy (non-hydrogen) atoms. The molecular weight excluding hydrogens is 380 g/mol. The molecule has 2 atom stereocenters. The minimum Gasteiger partial charge on any atom is -0.318 e. The normalized spacial score (nSPS) is 22.9. The lowest BCUT2D eigenvalue weighted by Gasteiger charge is -2.27. The van der Waals surface area contributed by atoms with Crippen molar-refractivity contribution in [3.05, 3.63) is 71.3 Å². The molecule has 0 aromatic heterocycles. The molecule has 2 aromatic carbocycles. The van der Waals surface area contributed by atoms with Crippen LogP contribution in [0, 0.1) is 0 Å². The molecule has 7 nitrogen and oxygen atoms in total. The van der Waals surface area contributed by atoms with Gasteiger partial charge in [-0.15, -0.1) is 0 Å². The predicted molar refractivity (Wildman–Crippen MR) is 112 cm³/mol. The van der Waals surface area contributed by atoms with Crippen molar-refractivity contribution < 1.29 is 14.4 Å². The first kappa shape index (κ1) is 20.1. The second kappa shape index (κ2) is 7.91. The van der Waals surface area contributed by atoms with Gasteiger partial charge in [-0.1, -0.05) is 61.5 Å². The van der Waals surface area contributed by atoms with Gasteiger partial charge >= 0.3 is 6.03 Å². The van der Waals surface area contributed by atoms with Gasteiger partial charge in [0.05, 0.1) is 6.54 Å². The number of amides is 4. The predicted octanol–water partition coefficient (Wildman–Crippen LogP) is 2.49. The molecule has 2 aliphatic rings. The Bertz CT molecular complexity index is 977. The minimum absolute atomic E-state index is 0.0839. The zero-order valence-electron chi connectivity index (χ0n) is 17.2. The summed E-state index contributed by atoms with van der Waals surface area (Å²) in [7, 11) is 1.89. The molecule has 2 aromatic rings. The number of hydrogen-bond acceptors (Lipinski definition) is 4. The SMILES string of the molecule is CC[C@]1(c2ccccc2)NC(=O)N(NC(=O)CN(C)[C@@H]2CCc3ccccc32)C1=O. The summed E-state index contributed by atoms with van der Waals surface area (Å²) < 4.78 is 0. The van der Waals surface area contributed by atoms with E-state index in [-0.39, 0.29) is 12.6 Å². The number of hydrazine groups is 1. The fourth-order valence-corrected chi connectivity index (χ4v) is 4.53. The lowest BCUT2D eigenvalue weighted by Crippen LogP contribution is -2.51. The van der Waals surface area contributed by atoms with Gasteiger partial charge in [0.25, 0.3) is 11.8 Å². The van der Waals surface area contributed by atoms with E-state index >= 15 is 0 Å². The summed E-state index contributed by atoms with van der Waals surface area (Å²) in [6.07, 6.45) is 2.31. The van der Waals surface area contributed by atoms with E-state index in [1.807, 2.05) is 49.2 Å². The summed E-state index contributed by atoms with van der Waals surface area (Å²) in [4.78, 5) is 40.3. The number of rotatable bonds is 6. The fourth-order valence-electron chi connectivity index (χ4n) is 4.53. The summed E-state index contributed by atoms with van der Waals surface area (Å²) in [5, 5.41) is 3.58. The molecule has 0 radical (unpaired) electrons. The first-order valence-corrected chi connectivity index (χ1v) is 10.3. The fraction of sp³-hybridized carbons (Fsp3) is 0.348. The average molecular weight is 406 g/mol. The largest absolute Gasteiger partial charge is 0.344 e. The maximum atomic E-state index is 13.1. The van der Waals surface area contributed by atoms with Crippen molar-refractivity contribution >= 4 is 17.8 Å². The number of fused-ring (bicyclic) bond motifs is 1. The van der Waals surface area contributed by atoms with Gasteiger partial charge in [0, 0.05) is 6.04 Å². The van der Waals surface area contributed by atoms with Crippen LogP contribution in [0.1, 0.15) is 42.5 Å². The maximum absolute atomic E-state index is 13.1. The van der Waals surface area contributed by atoms with E-state index in [0.717, 1.165) is 17.9 Å². The van der Waals surface area contributed by atoms with Crippen LogP contribution < -0.4 is 10.7 Å². The maximum Gasteiger partial charge on any atom is 0.344 e. The Morgan fingerprint density at radius 3 is 2.60 bits per heavy atom. The highest BCUT2D eigenvalue weighted by Crippen LogP contribution is 2.35. The second-order valence-corrected chi connectivity index (χ2v) is 7.90. The van der Waals surface area contributed by atoms with Crippen molar-refractivity contribution in [2.75, 3.05) is 13.6 Å². The number of imide groups is 1. The number of hydrogen-bond donors (Lipinski definition) is 2. The molecule has 4 amide bonds. The molecule has 1 aliphatic heterocycles. The van der Waals surface area contributed by atoms with Crippen molar-refractivity contribution in [2.24, 2.45) is 0 Å². The van der Waals surface area contributed by atoms with Gasteiger partial charge in [-0.2, -0.15) is 5.01 Å². The van der Waals surface area contributed by atoms with Gasteiger partial charge in [0.1, 0.15) is 5.54 Å². The van der Waals surface area contributed by atoms with Crippen LogP contribution in [0.15, 0.2) is 54.6 Å². The number of carbonyl (C=O) groups excluding carboxylic acids is 3. The molecule has 1 fully saturated rings. The van der Waals surface area contributed by atoms with Gasteiger partial charge in [0.15, 0.2) is 0 Å². The number of aryl methyl sites for hydroxylation is 1. The molecule has 0 saturated carbocycles. The summed E-state index contributed by atoms with van der Waals surface area (Å²) in [6.45, 7) is 1.92. The number of benzene rings is 2. The molecular formula is C23H26N4O3. The van der Waals surface area contributed by atoms with Crippen LogP contribution in [0.3, 0.4) is 0 Å². The molecule has 4 rings (SSSR count). The van der Waals surface area contributed by atoms with Crippen molar-refractivity contribution in [1.82, 2.24) is 20.7 Å². The molecule has 1 saturated heterocycles. The van der Waals surface area contributed by atoms with E-state index in [1.165, 1.54) is 11.1 Å². The smallest absolute Gasteiger partial charge is 0.318 e. The van der Waals surface area contributed by atoms with E-state index in [1.54, 1.807) is 12.1 Å². The first-order chi connectivity index (χ1) is 14.5. The monoisotopic (exact) mass is 406 g/mol. The van der Waals surface area contributed by atoms with Crippen molar-refractivity contribution in [3.63, 3.8) is 0 Å². The molecule has 1 heterocycles.